The van der Waals surface area contributed by atoms with Crippen molar-refractivity contribution in [2.45, 2.75) is 124 Å². The average molecular weight is 762 g/mol. The van der Waals surface area contributed by atoms with Crippen molar-refractivity contribution in [1.29, 1.82) is 0 Å². The van der Waals surface area contributed by atoms with Gasteiger partial charge in [-0.1, -0.05) is 0 Å². The van der Waals surface area contributed by atoms with Crippen LogP contribution < -0.4 is 0 Å². The molecule has 0 spiro atoms. The molecule has 249 valence electrons. The van der Waals surface area contributed by atoms with Gasteiger partial charge in [-0.05, 0) is 0 Å². The van der Waals surface area contributed by atoms with Crippen LogP contribution in [0, 0.1) is 5.92 Å². The molecular weight excluding hydrogens is 707 g/mol. The third kappa shape index (κ3) is 5.72. The second kappa shape index (κ2) is 13.5. The van der Waals surface area contributed by atoms with Crippen LogP contribution in [0.5, 0.6) is 0 Å². The molecule has 0 radical (unpaired) electrons. The normalized spacial score (nSPS) is 23.3. The number of halogens is 2. The molecular formula is C43H55Cl2SiZr. The van der Waals surface area contributed by atoms with Crippen molar-refractivity contribution >= 4 is 35.1 Å². The Morgan fingerprint density at radius 3 is 1.98 bits per heavy atom. The summed E-state index contributed by atoms with van der Waals surface area (Å²) in [5.41, 5.74) is 14.5. The van der Waals surface area contributed by atoms with E-state index < -0.39 is 21.5 Å². The standard InChI is InChI=1S/C23H25.C18H23.C2H7Si.2ClH.Zr/c1-2-17-15-21-9-6-10-22(23(21)16-17)20-13-11-19(12-14-20)18-7-4-3-5-8-18;1-3-13(2)17-10-6-9-15-11-16(12-18(15)17)14-7-4-5-8-14;1-3-2;;;/h6,9-16,18H,2-5,7-8H2,1H3;6,9-14H,3-5,7-8H2,1-2H3;3H,1-2H3;2*1H;/q;;;;;+2/p-2. The summed E-state index contributed by atoms with van der Waals surface area (Å²) in [6.45, 7) is 12.1. The molecule has 3 unspecified atom stereocenters. The summed E-state index contributed by atoms with van der Waals surface area (Å²) in [6.07, 6.45) is 19.3. The molecule has 3 atom stereocenters. The summed E-state index contributed by atoms with van der Waals surface area (Å²) in [6, 6.07) is 23.8. The maximum atomic E-state index is 8.77. The third-order valence-electron chi connectivity index (χ3n) is 13.2. The molecule has 2 fully saturated rings. The Bertz CT molecular complexity index is 1690. The predicted octanol–water partition coefficient (Wildman–Crippen LogP) is 14.1. The molecule has 7 rings (SSSR count). The van der Waals surface area contributed by atoms with Gasteiger partial charge in [0.05, 0.1) is 0 Å². The minimum absolute atomic E-state index is 0.168. The summed E-state index contributed by atoms with van der Waals surface area (Å²) in [5.74, 6) is 0.288. The molecule has 47 heavy (non-hydrogen) atoms. The summed E-state index contributed by atoms with van der Waals surface area (Å²) >= 11 is -4.77. The first-order valence-electron chi connectivity index (χ1n) is 19.0. The molecule has 0 aliphatic heterocycles. The van der Waals surface area contributed by atoms with Crippen molar-refractivity contribution in [2.75, 3.05) is 0 Å². The molecule has 0 bridgehead atoms. The van der Waals surface area contributed by atoms with Crippen LogP contribution in [0.15, 0.2) is 71.8 Å². The average Bonchev–Trinajstić information content (AvgIpc) is 3.86. The second-order valence-corrected chi connectivity index (χ2v) is 58.4. The van der Waals surface area contributed by atoms with Crippen LogP contribution in [0.25, 0.3) is 23.3 Å². The van der Waals surface area contributed by atoms with E-state index in [1.807, 2.05) is 0 Å². The fourth-order valence-electron chi connectivity index (χ4n) is 10.2. The number of hydrogen-bond donors (Lipinski definition) is 0. The first-order chi connectivity index (χ1) is 22.7. The molecule has 4 aliphatic rings. The summed E-state index contributed by atoms with van der Waals surface area (Å²) < 4.78 is 0.374. The van der Waals surface area contributed by atoms with E-state index >= 15 is 0 Å². The Balaban J connectivity index is 1.37. The fourth-order valence-corrected chi connectivity index (χ4v) is 41.6. The Morgan fingerprint density at radius 1 is 0.723 bits per heavy atom. The fraction of sp³-hybridized carbons (Fsp3) is 0.488. The minimum atomic E-state index is -4.77. The monoisotopic (exact) mass is 759 g/mol. The molecule has 0 saturated heterocycles. The number of rotatable bonds is 9. The van der Waals surface area contributed by atoms with Crippen molar-refractivity contribution in [3.8, 4) is 11.1 Å². The van der Waals surface area contributed by atoms with Crippen LogP contribution in [-0.2, 0) is 15.6 Å². The summed E-state index contributed by atoms with van der Waals surface area (Å²) in [5, 5.41) is 0. The molecule has 4 heteroatoms. The number of allylic oxidation sites excluding steroid dienone is 2. The quantitative estimate of drug-likeness (QED) is 0.191. The summed E-state index contributed by atoms with van der Waals surface area (Å²) in [7, 11) is 17.5. The van der Waals surface area contributed by atoms with E-state index in [2.05, 4.69) is 107 Å². The number of fused-ring (bicyclic) bond motifs is 2. The molecule has 0 N–H and O–H groups in total. The van der Waals surface area contributed by atoms with Crippen molar-refractivity contribution in [3.05, 3.63) is 105 Å². The van der Waals surface area contributed by atoms with Crippen LogP contribution in [-0.4, -0.2) is 5.92 Å². The van der Waals surface area contributed by atoms with Gasteiger partial charge in [-0.2, -0.15) is 0 Å². The zero-order chi connectivity index (χ0) is 32.9. The second-order valence-electron chi connectivity index (χ2n) is 15.9. The molecule has 2 saturated carbocycles. The molecule has 0 nitrogen and oxygen atoms in total. The maximum absolute atomic E-state index is 8.77. The van der Waals surface area contributed by atoms with E-state index in [4.69, 9.17) is 17.0 Å². The van der Waals surface area contributed by atoms with E-state index in [1.54, 1.807) is 5.57 Å². The number of hydrogen-bond acceptors (Lipinski definition) is 0. The van der Waals surface area contributed by atoms with Crippen LogP contribution in [0.2, 0.25) is 13.1 Å². The molecule has 0 amide bonds. The molecule has 3 aromatic rings. The third-order valence-corrected chi connectivity index (χ3v) is 64.9. The topological polar surface area (TPSA) is 0 Å². The molecule has 0 heterocycles. The van der Waals surface area contributed by atoms with Gasteiger partial charge in [-0.15, -0.1) is 0 Å². The van der Waals surface area contributed by atoms with E-state index in [0.29, 0.717) is 11.8 Å². The van der Waals surface area contributed by atoms with Gasteiger partial charge in [-0.3, -0.25) is 0 Å². The van der Waals surface area contributed by atoms with Gasteiger partial charge >= 0.3 is 296 Å². The van der Waals surface area contributed by atoms with E-state index in [-0.39, 0.29) is 7.25 Å². The van der Waals surface area contributed by atoms with Crippen LogP contribution in [0.1, 0.15) is 144 Å². The SMILES string of the molecule is CCC1=Cc2c(-c3ccc(C4CCCCC4)cc3)cccc2[CH]1[Zr]([Cl])([Cl])([CH]1C(C2CCCC2)=Cc2c(C(C)CC)cccc21)[SiH](C)C. The summed E-state index contributed by atoms with van der Waals surface area (Å²) in [4.78, 5) is 0. The van der Waals surface area contributed by atoms with Crippen LogP contribution in [0.4, 0.5) is 0 Å². The van der Waals surface area contributed by atoms with Gasteiger partial charge in [0.2, 0.25) is 0 Å². The van der Waals surface area contributed by atoms with Crippen LogP contribution >= 0.6 is 17.0 Å². The van der Waals surface area contributed by atoms with E-state index in [0.717, 1.165) is 18.8 Å². The zero-order valence-corrected chi connectivity index (χ0v) is 34.6. The van der Waals surface area contributed by atoms with Gasteiger partial charge in [0.1, 0.15) is 0 Å². The zero-order valence-electron chi connectivity index (χ0n) is 29.4. The van der Waals surface area contributed by atoms with Crippen molar-refractivity contribution in [1.82, 2.24) is 0 Å². The molecule has 3 aromatic carbocycles. The van der Waals surface area contributed by atoms with Crippen molar-refractivity contribution in [3.63, 3.8) is 0 Å². The molecule has 4 aliphatic carbocycles. The van der Waals surface area contributed by atoms with Gasteiger partial charge in [0, 0.05) is 0 Å². The first-order valence-corrected chi connectivity index (χ1v) is 35.3. The molecule has 0 aromatic heterocycles. The van der Waals surface area contributed by atoms with Gasteiger partial charge in [0.25, 0.3) is 0 Å². The van der Waals surface area contributed by atoms with Gasteiger partial charge in [0.15, 0.2) is 0 Å². The first kappa shape index (κ1) is 34.3. The van der Waals surface area contributed by atoms with E-state index in [1.165, 1.54) is 108 Å². The van der Waals surface area contributed by atoms with Gasteiger partial charge < -0.3 is 0 Å². The van der Waals surface area contributed by atoms with Crippen LogP contribution in [0.3, 0.4) is 0 Å². The Labute approximate surface area is 294 Å². The Hall–Kier alpha value is -1.18. The van der Waals surface area contributed by atoms with Crippen molar-refractivity contribution in [2.24, 2.45) is 5.92 Å². The predicted molar refractivity (Wildman–Crippen MR) is 207 cm³/mol. The number of benzene rings is 3. The van der Waals surface area contributed by atoms with E-state index in [9.17, 15) is 0 Å². The Morgan fingerprint density at radius 2 is 1.34 bits per heavy atom. The van der Waals surface area contributed by atoms with Gasteiger partial charge in [-0.25, -0.2) is 0 Å². The Kier molecular flexibility index (Phi) is 9.85. The van der Waals surface area contributed by atoms with Crippen molar-refractivity contribution < 1.29 is 15.6 Å².